The van der Waals surface area contributed by atoms with Crippen LogP contribution in [-0.4, -0.2) is 26.6 Å². The van der Waals surface area contributed by atoms with E-state index < -0.39 is 11.8 Å². The van der Waals surface area contributed by atoms with Crippen LogP contribution in [0.3, 0.4) is 0 Å². The monoisotopic (exact) mass is 306 g/mol. The number of hydrogen-bond donors (Lipinski definition) is 1. The standard InChI is InChI=1S/C18H14N2O3/c21-17(18(22)23)12-3-1-11(2-4-12)13-5-8-16-14(9-13)10-19-20(16)15-6-7-15/h1-5,8-10,15H,6-7H2,(H,22,23). The lowest BCUT2D eigenvalue weighted by Crippen LogP contribution is -2.12. The molecule has 0 radical (unpaired) electrons. The van der Waals surface area contributed by atoms with Crippen LogP contribution in [0.1, 0.15) is 29.2 Å². The average Bonchev–Trinajstić information content (AvgIpc) is 3.33. The van der Waals surface area contributed by atoms with Gasteiger partial charge in [0, 0.05) is 10.9 Å². The van der Waals surface area contributed by atoms with Crippen LogP contribution in [0.5, 0.6) is 0 Å². The summed E-state index contributed by atoms with van der Waals surface area (Å²) in [4.78, 5) is 22.1. The number of Topliss-reactive ketones (excluding diaryl/α,β-unsaturated/α-hetero) is 1. The first-order valence-electron chi connectivity index (χ1n) is 7.49. The highest BCUT2D eigenvalue weighted by Crippen LogP contribution is 2.37. The molecule has 0 aliphatic heterocycles. The molecule has 4 rings (SSSR count). The van der Waals surface area contributed by atoms with Gasteiger partial charge in [-0.2, -0.15) is 5.10 Å². The van der Waals surface area contributed by atoms with Gasteiger partial charge in [-0.05, 0) is 36.1 Å². The SMILES string of the molecule is O=C(O)C(=O)c1ccc(-c2ccc3c(cnn3C3CC3)c2)cc1. The summed E-state index contributed by atoms with van der Waals surface area (Å²) in [5.41, 5.74) is 3.27. The molecule has 2 aromatic carbocycles. The summed E-state index contributed by atoms with van der Waals surface area (Å²) in [6, 6.07) is 13.3. The molecule has 1 aromatic heterocycles. The van der Waals surface area contributed by atoms with Gasteiger partial charge in [-0.1, -0.05) is 30.3 Å². The molecule has 1 aliphatic rings. The first-order chi connectivity index (χ1) is 11.1. The molecule has 0 saturated heterocycles. The summed E-state index contributed by atoms with van der Waals surface area (Å²) in [6.07, 6.45) is 4.26. The van der Waals surface area contributed by atoms with E-state index in [0.29, 0.717) is 6.04 Å². The van der Waals surface area contributed by atoms with Gasteiger partial charge in [0.2, 0.25) is 0 Å². The van der Waals surface area contributed by atoms with Crippen molar-refractivity contribution in [3.05, 3.63) is 54.2 Å². The van der Waals surface area contributed by atoms with E-state index in [1.807, 2.05) is 12.3 Å². The van der Waals surface area contributed by atoms with Gasteiger partial charge in [0.25, 0.3) is 5.78 Å². The molecule has 3 aromatic rings. The Bertz CT molecular complexity index is 921. The lowest BCUT2D eigenvalue weighted by Gasteiger charge is -2.05. The molecule has 0 spiro atoms. The van der Waals surface area contributed by atoms with Crippen LogP contribution in [-0.2, 0) is 4.79 Å². The number of carboxylic acids is 1. The fourth-order valence-corrected chi connectivity index (χ4v) is 2.78. The van der Waals surface area contributed by atoms with Crippen LogP contribution in [0, 0.1) is 0 Å². The van der Waals surface area contributed by atoms with Crippen molar-refractivity contribution in [2.24, 2.45) is 0 Å². The number of hydrogen-bond acceptors (Lipinski definition) is 3. The second-order valence-corrected chi connectivity index (χ2v) is 5.81. The Morgan fingerprint density at radius 3 is 2.39 bits per heavy atom. The van der Waals surface area contributed by atoms with Crippen LogP contribution < -0.4 is 0 Å². The fourth-order valence-electron chi connectivity index (χ4n) is 2.78. The minimum Gasteiger partial charge on any atom is -0.475 e. The van der Waals surface area contributed by atoms with E-state index in [1.54, 1.807) is 24.3 Å². The zero-order chi connectivity index (χ0) is 16.0. The number of carbonyl (C=O) groups excluding carboxylic acids is 1. The van der Waals surface area contributed by atoms with E-state index in [0.717, 1.165) is 22.0 Å². The Hall–Kier alpha value is -2.95. The lowest BCUT2D eigenvalue weighted by atomic mass is 10.0. The number of benzene rings is 2. The van der Waals surface area contributed by atoms with Crippen molar-refractivity contribution in [1.82, 2.24) is 9.78 Å². The highest BCUT2D eigenvalue weighted by molar-refractivity contribution is 6.39. The first-order valence-corrected chi connectivity index (χ1v) is 7.49. The minimum absolute atomic E-state index is 0.184. The number of rotatable bonds is 4. The maximum atomic E-state index is 11.4. The summed E-state index contributed by atoms with van der Waals surface area (Å²) < 4.78 is 2.08. The normalized spacial score (nSPS) is 14.1. The van der Waals surface area contributed by atoms with Crippen molar-refractivity contribution < 1.29 is 14.7 Å². The third-order valence-corrected chi connectivity index (χ3v) is 4.16. The Labute approximate surface area is 132 Å². The second-order valence-electron chi connectivity index (χ2n) is 5.81. The maximum absolute atomic E-state index is 11.4. The van der Waals surface area contributed by atoms with E-state index >= 15 is 0 Å². The van der Waals surface area contributed by atoms with Gasteiger partial charge in [0.15, 0.2) is 0 Å². The Morgan fingerprint density at radius 1 is 1.04 bits per heavy atom. The predicted molar refractivity (Wildman–Crippen MR) is 85.4 cm³/mol. The van der Waals surface area contributed by atoms with Crippen LogP contribution in [0.25, 0.3) is 22.0 Å². The molecule has 114 valence electrons. The van der Waals surface area contributed by atoms with Gasteiger partial charge in [-0.25, -0.2) is 4.79 Å². The van der Waals surface area contributed by atoms with Gasteiger partial charge < -0.3 is 5.11 Å². The number of ketones is 1. The van der Waals surface area contributed by atoms with Crippen LogP contribution in [0.2, 0.25) is 0 Å². The van der Waals surface area contributed by atoms with E-state index in [2.05, 4.69) is 21.9 Å². The fraction of sp³-hybridized carbons (Fsp3) is 0.167. The Kier molecular flexibility index (Phi) is 3.01. The Balaban J connectivity index is 1.68. The molecule has 5 heteroatoms. The quantitative estimate of drug-likeness (QED) is 0.593. The average molecular weight is 306 g/mol. The van der Waals surface area contributed by atoms with Crippen molar-refractivity contribution in [2.45, 2.75) is 18.9 Å². The molecule has 1 N–H and O–H groups in total. The van der Waals surface area contributed by atoms with Crippen LogP contribution in [0.15, 0.2) is 48.7 Å². The molecule has 1 aliphatic carbocycles. The molecule has 5 nitrogen and oxygen atoms in total. The summed E-state index contributed by atoms with van der Waals surface area (Å²) in [6.45, 7) is 0. The number of nitrogens with zero attached hydrogens (tertiary/aromatic N) is 2. The Morgan fingerprint density at radius 2 is 1.74 bits per heavy atom. The molecule has 0 amide bonds. The van der Waals surface area contributed by atoms with Gasteiger partial charge in [0.05, 0.1) is 17.8 Å². The predicted octanol–water partition coefficient (Wildman–Crippen LogP) is 3.31. The number of aromatic nitrogens is 2. The molecule has 0 atom stereocenters. The summed E-state index contributed by atoms with van der Waals surface area (Å²) >= 11 is 0. The number of aliphatic carboxylic acids is 1. The van der Waals surface area contributed by atoms with Crippen LogP contribution in [0.4, 0.5) is 0 Å². The number of carboxylic acid groups (broad SMARTS) is 1. The molecule has 0 bridgehead atoms. The molecule has 0 unspecified atom stereocenters. The van der Waals surface area contributed by atoms with Gasteiger partial charge >= 0.3 is 5.97 Å². The number of fused-ring (bicyclic) bond motifs is 1. The minimum atomic E-state index is -1.44. The van der Waals surface area contributed by atoms with Crippen molar-refractivity contribution in [3.63, 3.8) is 0 Å². The van der Waals surface area contributed by atoms with Crippen molar-refractivity contribution in [1.29, 1.82) is 0 Å². The van der Waals surface area contributed by atoms with Gasteiger partial charge in [-0.3, -0.25) is 9.48 Å². The molecular formula is C18H14N2O3. The largest absolute Gasteiger partial charge is 0.475 e. The van der Waals surface area contributed by atoms with Gasteiger partial charge in [-0.15, -0.1) is 0 Å². The third-order valence-electron chi connectivity index (χ3n) is 4.16. The van der Waals surface area contributed by atoms with E-state index in [9.17, 15) is 9.59 Å². The van der Waals surface area contributed by atoms with Crippen molar-refractivity contribution >= 4 is 22.7 Å². The smallest absolute Gasteiger partial charge is 0.377 e. The van der Waals surface area contributed by atoms with E-state index in [1.165, 1.54) is 12.8 Å². The zero-order valence-electron chi connectivity index (χ0n) is 12.3. The number of carbonyl (C=O) groups is 2. The van der Waals surface area contributed by atoms with Gasteiger partial charge in [0.1, 0.15) is 0 Å². The van der Waals surface area contributed by atoms with Crippen LogP contribution >= 0.6 is 0 Å². The van der Waals surface area contributed by atoms with Crippen molar-refractivity contribution in [2.75, 3.05) is 0 Å². The van der Waals surface area contributed by atoms with Crippen molar-refractivity contribution in [3.8, 4) is 11.1 Å². The van der Waals surface area contributed by atoms with E-state index in [-0.39, 0.29) is 5.56 Å². The molecular weight excluding hydrogens is 292 g/mol. The zero-order valence-corrected chi connectivity index (χ0v) is 12.3. The summed E-state index contributed by atoms with van der Waals surface area (Å²) in [5, 5.41) is 14.3. The van der Waals surface area contributed by atoms with E-state index in [4.69, 9.17) is 5.11 Å². The molecule has 1 fully saturated rings. The first kappa shape index (κ1) is 13.7. The summed E-state index contributed by atoms with van der Waals surface area (Å²) in [7, 11) is 0. The topological polar surface area (TPSA) is 72.2 Å². The molecule has 23 heavy (non-hydrogen) atoms. The molecule has 1 heterocycles. The second kappa shape index (κ2) is 5.05. The maximum Gasteiger partial charge on any atom is 0.377 e. The highest BCUT2D eigenvalue weighted by Gasteiger charge is 2.25. The lowest BCUT2D eigenvalue weighted by molar-refractivity contribution is -0.131. The third kappa shape index (κ3) is 2.40. The molecule has 1 saturated carbocycles. The highest BCUT2D eigenvalue weighted by atomic mass is 16.4. The summed E-state index contributed by atoms with van der Waals surface area (Å²) in [5.74, 6) is -2.33.